The number of nitrogens with zero attached hydrogens (tertiary/aromatic N) is 1. The highest BCUT2D eigenvalue weighted by atomic mass is 16.5. The predicted octanol–water partition coefficient (Wildman–Crippen LogP) is 4.19. The Bertz CT molecular complexity index is 457. The Morgan fingerprint density at radius 1 is 1.30 bits per heavy atom. The van der Waals surface area contributed by atoms with Gasteiger partial charge < -0.3 is 4.74 Å². The molecule has 0 radical (unpaired) electrons. The fourth-order valence-corrected chi connectivity index (χ4v) is 2.90. The summed E-state index contributed by atoms with van der Waals surface area (Å²) < 4.78 is 6.02. The van der Waals surface area contributed by atoms with Crippen LogP contribution in [0.2, 0.25) is 0 Å². The van der Waals surface area contributed by atoms with Crippen LogP contribution in [0.5, 0.6) is 5.75 Å². The van der Waals surface area contributed by atoms with Crippen LogP contribution in [0.3, 0.4) is 0 Å². The van der Waals surface area contributed by atoms with Gasteiger partial charge >= 0.3 is 0 Å². The molecule has 0 bridgehead atoms. The van der Waals surface area contributed by atoms with Gasteiger partial charge in [0.1, 0.15) is 17.0 Å². The van der Waals surface area contributed by atoms with Crippen LogP contribution < -0.4 is 4.74 Å². The SMILES string of the molecule is CC(C)(C)Oc1ccnc(C=O)c1CC1CCCCC1. The van der Waals surface area contributed by atoms with Crippen LogP contribution in [0.4, 0.5) is 0 Å². The molecule has 0 aromatic carbocycles. The van der Waals surface area contributed by atoms with Crippen LogP contribution in [0.1, 0.15) is 68.9 Å². The summed E-state index contributed by atoms with van der Waals surface area (Å²) in [7, 11) is 0. The molecule has 1 aliphatic carbocycles. The van der Waals surface area contributed by atoms with Crippen molar-refractivity contribution in [3.63, 3.8) is 0 Å². The molecule has 3 heteroatoms. The summed E-state index contributed by atoms with van der Waals surface area (Å²) in [4.78, 5) is 15.5. The summed E-state index contributed by atoms with van der Waals surface area (Å²) in [5.41, 5.74) is 1.27. The van der Waals surface area contributed by atoms with Crippen LogP contribution in [0.15, 0.2) is 12.3 Å². The van der Waals surface area contributed by atoms with Gasteiger partial charge in [-0.2, -0.15) is 0 Å². The van der Waals surface area contributed by atoms with Gasteiger partial charge in [-0.1, -0.05) is 32.1 Å². The average molecular weight is 275 g/mol. The zero-order chi connectivity index (χ0) is 14.6. The van der Waals surface area contributed by atoms with Gasteiger partial charge in [0.2, 0.25) is 0 Å². The third kappa shape index (κ3) is 4.06. The molecule has 110 valence electrons. The van der Waals surface area contributed by atoms with E-state index in [9.17, 15) is 4.79 Å². The summed E-state index contributed by atoms with van der Waals surface area (Å²) in [5.74, 6) is 1.48. The Morgan fingerprint density at radius 2 is 2.00 bits per heavy atom. The Hall–Kier alpha value is -1.38. The first-order valence-corrected chi connectivity index (χ1v) is 7.61. The summed E-state index contributed by atoms with van der Waals surface area (Å²) in [6.07, 6.45) is 9.88. The average Bonchev–Trinajstić information content (AvgIpc) is 2.40. The Kier molecular flexibility index (Phi) is 4.79. The van der Waals surface area contributed by atoms with Crippen LogP contribution in [-0.2, 0) is 6.42 Å². The molecule has 0 atom stereocenters. The van der Waals surface area contributed by atoms with E-state index in [0.717, 1.165) is 24.0 Å². The molecule has 1 saturated carbocycles. The molecule has 3 nitrogen and oxygen atoms in total. The van der Waals surface area contributed by atoms with Crippen molar-refractivity contribution in [1.29, 1.82) is 0 Å². The molecular weight excluding hydrogens is 250 g/mol. The normalized spacial score (nSPS) is 16.9. The number of hydrogen-bond acceptors (Lipinski definition) is 3. The lowest BCUT2D eigenvalue weighted by Gasteiger charge is -2.26. The lowest BCUT2D eigenvalue weighted by atomic mass is 9.84. The van der Waals surface area contributed by atoms with Gasteiger partial charge in [-0.3, -0.25) is 9.78 Å². The number of ether oxygens (including phenoxy) is 1. The maximum atomic E-state index is 11.3. The van der Waals surface area contributed by atoms with E-state index in [0.29, 0.717) is 11.6 Å². The van der Waals surface area contributed by atoms with Crippen LogP contribution in [0, 0.1) is 5.92 Å². The lowest BCUT2D eigenvalue weighted by Crippen LogP contribution is -2.24. The van der Waals surface area contributed by atoms with Gasteiger partial charge in [0, 0.05) is 11.8 Å². The van der Waals surface area contributed by atoms with Crippen LogP contribution in [-0.4, -0.2) is 16.9 Å². The molecule has 1 fully saturated rings. The molecule has 0 N–H and O–H groups in total. The summed E-state index contributed by atoms with van der Waals surface area (Å²) in [5, 5.41) is 0. The lowest BCUT2D eigenvalue weighted by molar-refractivity contribution is 0.111. The van der Waals surface area contributed by atoms with Crippen molar-refractivity contribution >= 4 is 6.29 Å². The molecule has 20 heavy (non-hydrogen) atoms. The highest BCUT2D eigenvalue weighted by molar-refractivity contribution is 5.75. The molecule has 1 aromatic heterocycles. The van der Waals surface area contributed by atoms with Gasteiger partial charge in [0.15, 0.2) is 6.29 Å². The standard InChI is InChI=1S/C17H25NO2/c1-17(2,3)20-16-9-10-18-15(12-19)14(16)11-13-7-5-4-6-8-13/h9-10,12-13H,4-8,11H2,1-3H3. The van der Waals surface area contributed by atoms with Crippen molar-refractivity contribution in [3.8, 4) is 5.75 Å². The monoisotopic (exact) mass is 275 g/mol. The van der Waals surface area contributed by atoms with E-state index in [-0.39, 0.29) is 5.60 Å². The quantitative estimate of drug-likeness (QED) is 0.773. The van der Waals surface area contributed by atoms with Crippen molar-refractivity contribution in [2.75, 3.05) is 0 Å². The molecule has 1 aromatic rings. The molecule has 0 unspecified atom stereocenters. The number of carbonyl (C=O) groups excluding carboxylic acids is 1. The van der Waals surface area contributed by atoms with E-state index in [4.69, 9.17) is 4.74 Å². The largest absolute Gasteiger partial charge is 0.488 e. The third-order valence-electron chi connectivity index (χ3n) is 3.79. The Morgan fingerprint density at radius 3 is 2.60 bits per heavy atom. The fourth-order valence-electron chi connectivity index (χ4n) is 2.90. The number of aromatic nitrogens is 1. The van der Waals surface area contributed by atoms with E-state index < -0.39 is 0 Å². The first-order chi connectivity index (χ1) is 9.49. The number of rotatable bonds is 4. The smallest absolute Gasteiger partial charge is 0.168 e. The topological polar surface area (TPSA) is 39.2 Å². The van der Waals surface area contributed by atoms with Crippen LogP contribution in [0.25, 0.3) is 0 Å². The molecule has 0 amide bonds. The Labute approximate surface area is 121 Å². The first-order valence-electron chi connectivity index (χ1n) is 7.61. The first kappa shape index (κ1) is 15.0. The minimum atomic E-state index is -0.261. The maximum Gasteiger partial charge on any atom is 0.168 e. The highest BCUT2D eigenvalue weighted by Crippen LogP contribution is 2.32. The Balaban J connectivity index is 2.24. The van der Waals surface area contributed by atoms with Gasteiger partial charge in [0.25, 0.3) is 0 Å². The van der Waals surface area contributed by atoms with Crippen LogP contribution >= 0.6 is 0 Å². The van der Waals surface area contributed by atoms with Gasteiger partial charge in [-0.25, -0.2) is 0 Å². The second-order valence-corrected chi connectivity index (χ2v) is 6.71. The van der Waals surface area contributed by atoms with Crippen molar-refractivity contribution in [2.24, 2.45) is 5.92 Å². The van der Waals surface area contributed by atoms with E-state index in [1.54, 1.807) is 6.20 Å². The predicted molar refractivity (Wildman–Crippen MR) is 80.3 cm³/mol. The van der Waals surface area contributed by atoms with Gasteiger partial charge in [-0.05, 0) is 39.2 Å². The van der Waals surface area contributed by atoms with Gasteiger partial charge in [0.05, 0.1) is 0 Å². The highest BCUT2D eigenvalue weighted by Gasteiger charge is 2.21. The van der Waals surface area contributed by atoms with Crippen molar-refractivity contribution in [3.05, 3.63) is 23.5 Å². The minimum absolute atomic E-state index is 0.261. The van der Waals surface area contributed by atoms with Crippen molar-refractivity contribution in [1.82, 2.24) is 4.98 Å². The number of pyridine rings is 1. The van der Waals surface area contributed by atoms with Crippen molar-refractivity contribution < 1.29 is 9.53 Å². The summed E-state index contributed by atoms with van der Waals surface area (Å²) in [6.45, 7) is 6.08. The molecule has 1 heterocycles. The molecule has 1 aliphatic rings. The number of carbonyl (C=O) groups is 1. The number of hydrogen-bond donors (Lipinski definition) is 0. The zero-order valence-corrected chi connectivity index (χ0v) is 12.8. The van der Waals surface area contributed by atoms with E-state index in [2.05, 4.69) is 4.98 Å². The molecule has 2 rings (SSSR count). The molecule has 0 spiro atoms. The fraction of sp³-hybridized carbons (Fsp3) is 0.647. The van der Waals surface area contributed by atoms with Crippen molar-refractivity contribution in [2.45, 2.75) is 64.9 Å². The zero-order valence-electron chi connectivity index (χ0n) is 12.8. The van der Waals surface area contributed by atoms with E-state index >= 15 is 0 Å². The third-order valence-corrected chi connectivity index (χ3v) is 3.79. The van der Waals surface area contributed by atoms with Gasteiger partial charge in [-0.15, -0.1) is 0 Å². The second-order valence-electron chi connectivity index (χ2n) is 6.71. The summed E-state index contributed by atoms with van der Waals surface area (Å²) >= 11 is 0. The summed E-state index contributed by atoms with van der Waals surface area (Å²) in [6, 6.07) is 1.89. The number of aldehydes is 1. The molecular formula is C17H25NO2. The molecule has 0 aliphatic heterocycles. The van der Waals surface area contributed by atoms with E-state index in [1.807, 2.05) is 26.8 Å². The molecule has 0 saturated heterocycles. The minimum Gasteiger partial charge on any atom is -0.488 e. The van der Waals surface area contributed by atoms with E-state index in [1.165, 1.54) is 32.1 Å². The second kappa shape index (κ2) is 6.38. The maximum absolute atomic E-state index is 11.3.